The third-order valence-electron chi connectivity index (χ3n) is 10.8. The number of carbonyl (C=O) groups excluding carboxylic acids is 3. The third-order valence-corrected chi connectivity index (χ3v) is 11.1. The lowest BCUT2D eigenvalue weighted by Crippen LogP contribution is -2.55. The highest BCUT2D eigenvalue weighted by atomic mass is 35.5. The Morgan fingerprint density at radius 3 is 2.30 bits per heavy atom. The normalized spacial score (nSPS) is 22.7. The minimum atomic E-state index is -4.76. The fourth-order valence-electron chi connectivity index (χ4n) is 7.80. The molecule has 1 aliphatic carbocycles. The molecule has 3 saturated heterocycles. The van der Waals surface area contributed by atoms with Gasteiger partial charge in [-0.25, -0.2) is 9.59 Å². The number of ether oxygens (including phenoxy) is 1. The second-order valence-electron chi connectivity index (χ2n) is 14.0. The van der Waals surface area contributed by atoms with E-state index in [0.29, 0.717) is 51.6 Å². The molecule has 6 rings (SSSR count). The number of nitrogens with two attached hydrogens (primary N) is 1. The molecule has 0 radical (unpaired) electrons. The molecule has 0 unspecified atom stereocenters. The number of piperazine rings is 1. The molecule has 1 aromatic carbocycles. The largest absolute Gasteiger partial charge is 0.436 e. The first-order chi connectivity index (χ1) is 23.9. The lowest BCUT2D eigenvalue weighted by atomic mass is 9.99. The average Bonchev–Trinajstić information content (AvgIpc) is 3.27. The van der Waals surface area contributed by atoms with Crippen LogP contribution in [0.2, 0.25) is 5.02 Å². The van der Waals surface area contributed by atoms with Crippen LogP contribution in [0.4, 0.5) is 28.4 Å². The molecule has 0 saturated carbocycles. The topological polar surface area (TPSA) is 115 Å². The Morgan fingerprint density at radius 1 is 0.960 bits per heavy atom. The van der Waals surface area contributed by atoms with Gasteiger partial charge in [-0.2, -0.15) is 13.2 Å². The molecular weight excluding hydrogens is 675 g/mol. The van der Waals surface area contributed by atoms with Gasteiger partial charge >= 0.3 is 18.3 Å². The fraction of sp³-hybridized carbons (Fsp3) is 0.629. The molecular formula is C35H47ClF3N7O4. The van der Waals surface area contributed by atoms with Gasteiger partial charge in [-0.1, -0.05) is 23.8 Å². The molecule has 4 aliphatic heterocycles. The number of anilines is 1. The number of hydrogen-bond acceptors (Lipinski definition) is 7. The van der Waals surface area contributed by atoms with Gasteiger partial charge in [-0.05, 0) is 75.3 Å². The number of likely N-dealkylation sites (N-methyl/N-ethyl adjacent to an activating group) is 1. The van der Waals surface area contributed by atoms with E-state index in [2.05, 4.69) is 34.3 Å². The summed E-state index contributed by atoms with van der Waals surface area (Å²) in [7, 11) is 2.10. The summed E-state index contributed by atoms with van der Waals surface area (Å²) in [5, 5.41) is 2.79. The van der Waals surface area contributed by atoms with Crippen molar-refractivity contribution in [2.75, 3.05) is 71.7 Å². The summed E-state index contributed by atoms with van der Waals surface area (Å²) < 4.78 is 47.3. The summed E-state index contributed by atoms with van der Waals surface area (Å²) in [6, 6.07) is 2.30. The molecule has 0 spiro atoms. The highest BCUT2D eigenvalue weighted by molar-refractivity contribution is 6.33. The number of rotatable bonds is 6. The van der Waals surface area contributed by atoms with Crippen LogP contribution >= 0.6 is 11.6 Å². The number of nitrogens with zero attached hydrogens (tertiary/aromatic N) is 5. The zero-order chi connectivity index (χ0) is 35.6. The molecule has 3 fully saturated rings. The molecule has 1 aromatic rings. The van der Waals surface area contributed by atoms with Gasteiger partial charge in [0, 0.05) is 83.1 Å². The second-order valence-corrected chi connectivity index (χ2v) is 14.5. The third kappa shape index (κ3) is 8.34. The summed E-state index contributed by atoms with van der Waals surface area (Å²) >= 11 is 6.11. The van der Waals surface area contributed by atoms with Crippen molar-refractivity contribution in [3.8, 4) is 0 Å². The number of nitrogen functional groups attached to an aromatic ring is 1. The van der Waals surface area contributed by atoms with Crippen molar-refractivity contribution in [3.63, 3.8) is 0 Å². The van der Waals surface area contributed by atoms with E-state index in [4.69, 9.17) is 22.1 Å². The number of amides is 4. The van der Waals surface area contributed by atoms with E-state index < -0.39 is 35.5 Å². The Morgan fingerprint density at radius 2 is 1.62 bits per heavy atom. The molecule has 5 aliphatic rings. The van der Waals surface area contributed by atoms with Crippen molar-refractivity contribution in [1.82, 2.24) is 29.8 Å². The Hall–Kier alpha value is -3.49. The van der Waals surface area contributed by atoms with Crippen LogP contribution in [0.25, 0.3) is 0 Å². The molecule has 15 heteroatoms. The molecule has 0 bridgehead atoms. The predicted molar refractivity (Wildman–Crippen MR) is 183 cm³/mol. The van der Waals surface area contributed by atoms with Crippen LogP contribution in [0.1, 0.15) is 56.1 Å². The maximum absolute atomic E-state index is 14.0. The number of nitrogens with one attached hydrogen (secondary N) is 1. The average molecular weight is 722 g/mol. The van der Waals surface area contributed by atoms with E-state index in [1.165, 1.54) is 11.0 Å². The number of likely N-dealkylation sites (tertiary alicyclic amines) is 2. The maximum Gasteiger partial charge on any atom is 0.418 e. The number of alkyl halides is 3. The second kappa shape index (κ2) is 15.4. The summed E-state index contributed by atoms with van der Waals surface area (Å²) in [6.07, 6.45) is 2.13. The van der Waals surface area contributed by atoms with Crippen LogP contribution in [0, 0.1) is 0 Å². The van der Waals surface area contributed by atoms with Crippen molar-refractivity contribution < 1.29 is 32.3 Å². The number of piperidine rings is 2. The van der Waals surface area contributed by atoms with Crippen molar-refractivity contribution in [1.29, 1.82) is 0 Å². The Bertz CT molecular complexity index is 1500. The van der Waals surface area contributed by atoms with Crippen LogP contribution in [0.3, 0.4) is 0 Å². The van der Waals surface area contributed by atoms with Crippen molar-refractivity contribution in [3.05, 3.63) is 51.7 Å². The van der Waals surface area contributed by atoms with Crippen LogP contribution < -0.4 is 11.1 Å². The molecule has 3 N–H and O–H groups in total. The molecule has 0 aromatic heterocycles. The first kappa shape index (κ1) is 36.3. The van der Waals surface area contributed by atoms with Gasteiger partial charge < -0.3 is 35.4 Å². The van der Waals surface area contributed by atoms with Gasteiger partial charge in [-0.15, -0.1) is 0 Å². The number of halogens is 4. The zero-order valence-corrected chi connectivity index (χ0v) is 29.3. The van der Waals surface area contributed by atoms with Crippen molar-refractivity contribution in [2.24, 2.45) is 0 Å². The Balaban J connectivity index is 1.11. The summed E-state index contributed by atoms with van der Waals surface area (Å²) in [5.41, 5.74) is 6.18. The van der Waals surface area contributed by atoms with E-state index in [1.54, 1.807) is 4.90 Å². The maximum atomic E-state index is 14.0. The molecule has 1 atom stereocenters. The van der Waals surface area contributed by atoms with Gasteiger partial charge in [0.15, 0.2) is 6.10 Å². The Labute approximate surface area is 296 Å². The minimum Gasteiger partial charge on any atom is -0.436 e. The standard InChI is InChI=1S/C35H47ClF3N7O4/c1-42-16-18-43(19-17-42)25-7-11-44(12-8-25)32(47)30(22-23-20-27(35(37,38)39)31(40)28(36)21-23)50-34(49)45-13-9-26(10-14-45)46-15-6-24-4-2-3-5-29(24)41-33(46)48/h2,4,20-21,25-26,30H,3,5-19,22,40H2,1H3,(H,41,48)/t30-/m1/s1. The van der Waals surface area contributed by atoms with Crippen LogP contribution in [-0.2, 0) is 22.1 Å². The van der Waals surface area contributed by atoms with E-state index in [1.807, 2.05) is 4.90 Å². The fourth-order valence-corrected chi connectivity index (χ4v) is 8.04. The lowest BCUT2D eigenvalue weighted by Gasteiger charge is -2.42. The predicted octanol–water partition coefficient (Wildman–Crippen LogP) is 4.71. The highest BCUT2D eigenvalue weighted by Gasteiger charge is 2.38. The molecule has 274 valence electrons. The molecule has 4 heterocycles. The number of allylic oxidation sites excluding steroid dienone is 3. The van der Waals surface area contributed by atoms with Gasteiger partial charge in [0.05, 0.1) is 16.3 Å². The number of hydrogen-bond donors (Lipinski definition) is 2. The SMILES string of the molecule is CN1CCN(C2CCN(C(=O)[C@@H](Cc3cc(Cl)c(N)c(C(F)(F)F)c3)OC(=O)N3CCC(N4CCC5=C(CCC=C5)NC4=O)CC3)CC2)CC1. The summed E-state index contributed by atoms with van der Waals surface area (Å²) in [6.45, 7) is 6.01. The van der Waals surface area contributed by atoms with E-state index in [9.17, 15) is 27.6 Å². The Kier molecular flexibility index (Phi) is 11.2. The smallest absolute Gasteiger partial charge is 0.418 e. The van der Waals surface area contributed by atoms with Gasteiger partial charge in [0.25, 0.3) is 5.91 Å². The molecule has 4 amide bonds. The van der Waals surface area contributed by atoms with Crippen molar-refractivity contribution in [2.45, 2.75) is 75.7 Å². The minimum absolute atomic E-state index is 0.0684. The zero-order valence-electron chi connectivity index (χ0n) is 28.5. The first-order valence-corrected chi connectivity index (χ1v) is 18.0. The summed E-state index contributed by atoms with van der Waals surface area (Å²) in [4.78, 5) is 50.4. The molecule has 11 nitrogen and oxygen atoms in total. The number of benzene rings is 1. The van der Waals surface area contributed by atoms with Gasteiger partial charge in [-0.3, -0.25) is 9.69 Å². The first-order valence-electron chi connectivity index (χ1n) is 17.7. The van der Waals surface area contributed by atoms with Gasteiger partial charge in [0.1, 0.15) is 0 Å². The van der Waals surface area contributed by atoms with E-state index in [-0.39, 0.29) is 29.1 Å². The van der Waals surface area contributed by atoms with Crippen LogP contribution in [0.5, 0.6) is 0 Å². The quantitative estimate of drug-likeness (QED) is 0.409. The monoisotopic (exact) mass is 721 g/mol. The van der Waals surface area contributed by atoms with Crippen LogP contribution in [0.15, 0.2) is 35.6 Å². The lowest BCUT2D eigenvalue weighted by molar-refractivity contribution is -0.142. The van der Waals surface area contributed by atoms with E-state index >= 15 is 0 Å². The van der Waals surface area contributed by atoms with Crippen LogP contribution in [-0.4, -0.2) is 127 Å². The van der Waals surface area contributed by atoms with Crippen molar-refractivity contribution >= 4 is 35.3 Å². The number of urea groups is 1. The highest BCUT2D eigenvalue weighted by Crippen LogP contribution is 2.38. The molecule has 50 heavy (non-hydrogen) atoms. The number of carbonyl (C=O) groups is 3. The van der Waals surface area contributed by atoms with Gasteiger partial charge in [0.2, 0.25) is 0 Å². The van der Waals surface area contributed by atoms with E-state index in [0.717, 1.165) is 75.6 Å². The summed E-state index contributed by atoms with van der Waals surface area (Å²) in [5.74, 6) is -0.446.